The van der Waals surface area contributed by atoms with Crippen molar-refractivity contribution in [1.29, 1.82) is 0 Å². The van der Waals surface area contributed by atoms with Gasteiger partial charge in [-0.25, -0.2) is 0 Å². The third-order valence-electron chi connectivity index (χ3n) is 27.3. The van der Waals surface area contributed by atoms with Crippen molar-refractivity contribution in [2.45, 2.75) is 10.8 Å². The van der Waals surface area contributed by atoms with Crippen LogP contribution in [0.3, 0.4) is 0 Å². The van der Waals surface area contributed by atoms with E-state index in [2.05, 4.69) is 472 Å². The van der Waals surface area contributed by atoms with E-state index in [-0.39, 0.29) is 6.71 Å². The molecule has 26 rings (SSSR count). The zero-order valence-corrected chi connectivity index (χ0v) is 66.5. The lowest BCUT2D eigenvalue weighted by Gasteiger charge is -2.45. The molecule has 3 aromatic heterocycles. The lowest BCUT2D eigenvalue weighted by atomic mass is 9.33. The Morgan fingerprint density at radius 1 is 0.180 bits per heavy atom. The van der Waals surface area contributed by atoms with E-state index in [4.69, 9.17) is 0 Å². The van der Waals surface area contributed by atoms with Crippen molar-refractivity contribution in [3.8, 4) is 61.6 Å². The minimum Gasteiger partial charge on any atom is -0.311 e. The van der Waals surface area contributed by atoms with Gasteiger partial charge in [-0.2, -0.15) is 0 Å². The summed E-state index contributed by atoms with van der Waals surface area (Å²) in [5, 5.41) is 7.18. The van der Waals surface area contributed by atoms with E-state index in [0.717, 1.165) is 107 Å². The molecule has 22 aromatic rings. The Morgan fingerprint density at radius 3 is 0.852 bits per heavy atom. The molecule has 0 saturated carbocycles. The molecule has 122 heavy (non-hydrogen) atoms. The molecule has 0 N–H and O–H groups in total. The first kappa shape index (κ1) is 68.3. The smallest absolute Gasteiger partial charge is 0.252 e. The van der Waals surface area contributed by atoms with Crippen LogP contribution in [0.5, 0.6) is 0 Å². The average molecular weight is 1550 g/mol. The van der Waals surface area contributed by atoms with Gasteiger partial charge in [-0.3, -0.25) is 0 Å². The zero-order chi connectivity index (χ0) is 79.9. The molecule has 2 aliphatic heterocycles. The highest BCUT2D eigenvalue weighted by molar-refractivity contribution is 7.00. The fourth-order valence-electron chi connectivity index (χ4n) is 22.5. The molecule has 5 heterocycles. The number of anilines is 6. The van der Waals surface area contributed by atoms with Crippen LogP contribution in [0, 0.1) is 0 Å². The molecule has 0 saturated heterocycles. The summed E-state index contributed by atoms with van der Waals surface area (Å²) in [5.41, 5.74) is 38.6. The van der Waals surface area contributed by atoms with E-state index in [9.17, 15) is 0 Å². The second-order valence-electron chi connectivity index (χ2n) is 33.2. The van der Waals surface area contributed by atoms with Crippen LogP contribution in [0.1, 0.15) is 44.5 Å². The van der Waals surface area contributed by atoms with E-state index in [1.807, 2.05) is 0 Å². The molecule has 0 bridgehead atoms. The Morgan fingerprint density at radius 2 is 0.475 bits per heavy atom. The summed E-state index contributed by atoms with van der Waals surface area (Å²) in [6, 6.07) is 170. The number of fused-ring (bicyclic) bond motifs is 19. The topological polar surface area (TPSA) is 21.3 Å². The highest BCUT2D eigenvalue weighted by atomic mass is 15.2. The predicted molar refractivity (Wildman–Crippen MR) is 509 cm³/mol. The number of aromatic nitrogens is 3. The van der Waals surface area contributed by atoms with Crippen LogP contribution in [-0.4, -0.2) is 20.4 Å². The van der Waals surface area contributed by atoms with Crippen LogP contribution in [0.25, 0.3) is 127 Å². The fraction of sp³-hybridized carbons (Fsp3) is 0.0172. The van der Waals surface area contributed by atoms with Crippen molar-refractivity contribution in [1.82, 2.24) is 13.7 Å². The summed E-state index contributed by atoms with van der Waals surface area (Å²) in [4.78, 5) is 5.39. The molecule has 4 aliphatic rings. The van der Waals surface area contributed by atoms with Crippen molar-refractivity contribution in [3.63, 3.8) is 0 Å². The molecule has 0 amide bonds. The van der Waals surface area contributed by atoms with Crippen LogP contribution in [0.2, 0.25) is 0 Å². The standard InChI is InChI=1S/C116H74BN5/c1-7-35-77(36-8-1)115(78-37-9-2-10-38-78)96-55-27-19-49-86(96)92-67-75(63-65-98(92)115)84-47-21-29-57-102(84)121-110-73-108-94(90-53-25-33-61-106(90)118(108)81-43-15-5-16-44-81)71-100(110)117-101-72-95-91-54-26-34-62-107(91)119(82-45-17-6-18-46-82)109(95)74-111(101)122(113-70-83(69-112(121)114(113)117)120-104-59-31-23-51-88(104)89-52-24-32-60-105(89)120)103-58-30-22-48-85(103)76-64-66-99-93(68-76)87-50-20-28-56-97(87)116(99,79-39-11-3-12-40-79)80-41-13-4-14-42-80/h1-74H. The van der Waals surface area contributed by atoms with Gasteiger partial charge in [0.05, 0.1) is 61.0 Å². The maximum absolute atomic E-state index is 2.70. The summed E-state index contributed by atoms with van der Waals surface area (Å²) in [5.74, 6) is 0. The van der Waals surface area contributed by atoms with Crippen molar-refractivity contribution in [2.75, 3.05) is 9.80 Å². The number of benzene rings is 19. The van der Waals surface area contributed by atoms with Crippen LogP contribution >= 0.6 is 0 Å². The molecule has 0 spiro atoms. The first-order valence-electron chi connectivity index (χ1n) is 42.5. The van der Waals surface area contributed by atoms with Gasteiger partial charge in [0.2, 0.25) is 0 Å². The van der Waals surface area contributed by atoms with Crippen LogP contribution in [0.15, 0.2) is 449 Å². The number of rotatable bonds is 11. The fourth-order valence-corrected chi connectivity index (χ4v) is 22.5. The Bertz CT molecular complexity index is 7540. The molecule has 19 aromatic carbocycles. The third-order valence-corrected chi connectivity index (χ3v) is 27.3. The van der Waals surface area contributed by atoms with Gasteiger partial charge in [0, 0.05) is 77.6 Å². The Hall–Kier alpha value is -15.8. The number of nitrogens with zero attached hydrogens (tertiary/aromatic N) is 5. The lowest BCUT2D eigenvalue weighted by molar-refractivity contribution is 0.768. The predicted octanol–water partition coefficient (Wildman–Crippen LogP) is 27.1. The summed E-state index contributed by atoms with van der Waals surface area (Å²) in [6.07, 6.45) is 0. The van der Waals surface area contributed by atoms with Gasteiger partial charge in [-0.15, -0.1) is 0 Å². The molecular formula is C116H74BN5. The maximum atomic E-state index is 2.70. The SMILES string of the molecule is c1ccc(-n2c3ccccc3c3cc4c(cc32)N(c2ccccc2-c2ccc3c(c2)-c2ccccc2C3(c2ccccc2)c2ccccc2)c2cc(-n3c5ccccc5c5ccccc53)cc3c2B4c2cc4c5ccccc5n(-c5ccccc5)c4cc2N3c2ccccc2-c2ccc3c(c2)-c2ccccc2C3(c2ccccc2)c2ccccc2)cc1. The molecule has 0 radical (unpaired) electrons. The lowest BCUT2D eigenvalue weighted by Crippen LogP contribution is -2.61. The molecule has 5 nitrogen and oxygen atoms in total. The summed E-state index contributed by atoms with van der Waals surface area (Å²) in [6.45, 7) is -0.323. The maximum Gasteiger partial charge on any atom is 0.252 e. The normalized spacial score (nSPS) is 13.7. The largest absolute Gasteiger partial charge is 0.311 e. The Kier molecular flexibility index (Phi) is 14.8. The van der Waals surface area contributed by atoms with Crippen molar-refractivity contribution < 1.29 is 0 Å². The number of hydrogen-bond acceptors (Lipinski definition) is 2. The van der Waals surface area contributed by atoms with Crippen molar-refractivity contribution in [2.24, 2.45) is 0 Å². The molecule has 6 heteroatoms. The van der Waals surface area contributed by atoms with E-state index in [1.54, 1.807) is 0 Å². The molecule has 0 atom stereocenters. The summed E-state index contributed by atoms with van der Waals surface area (Å²) < 4.78 is 7.56. The van der Waals surface area contributed by atoms with E-state index in [1.165, 1.54) is 115 Å². The van der Waals surface area contributed by atoms with Crippen LogP contribution in [0.4, 0.5) is 34.1 Å². The highest BCUT2D eigenvalue weighted by Gasteiger charge is 2.50. The summed E-state index contributed by atoms with van der Waals surface area (Å²) in [7, 11) is 0. The second kappa shape index (κ2) is 26.4. The molecular weight excluding hydrogens is 1470 g/mol. The molecule has 566 valence electrons. The van der Waals surface area contributed by atoms with E-state index >= 15 is 0 Å². The van der Waals surface area contributed by atoms with Crippen LogP contribution in [-0.2, 0) is 10.8 Å². The van der Waals surface area contributed by atoms with Gasteiger partial charge >= 0.3 is 0 Å². The third kappa shape index (κ3) is 9.49. The Balaban J connectivity index is 0.799. The first-order chi connectivity index (χ1) is 60.6. The van der Waals surface area contributed by atoms with Crippen molar-refractivity contribution >= 4 is 123 Å². The minimum atomic E-state index is -0.576. The van der Waals surface area contributed by atoms with Gasteiger partial charge in [-0.05, 0) is 191 Å². The minimum absolute atomic E-state index is 0.323. The van der Waals surface area contributed by atoms with Gasteiger partial charge in [0.1, 0.15) is 0 Å². The zero-order valence-electron chi connectivity index (χ0n) is 66.5. The summed E-state index contributed by atoms with van der Waals surface area (Å²) >= 11 is 0. The van der Waals surface area contributed by atoms with Crippen molar-refractivity contribution in [3.05, 3.63) is 493 Å². The average Bonchev–Trinajstić information content (AvgIpc) is 1.24. The highest BCUT2D eigenvalue weighted by Crippen LogP contribution is 2.61. The van der Waals surface area contributed by atoms with Gasteiger partial charge < -0.3 is 23.5 Å². The van der Waals surface area contributed by atoms with Gasteiger partial charge in [0.25, 0.3) is 6.71 Å². The van der Waals surface area contributed by atoms with Crippen LogP contribution < -0.4 is 26.2 Å². The second-order valence-corrected chi connectivity index (χ2v) is 33.2. The molecule has 0 unspecified atom stereocenters. The van der Waals surface area contributed by atoms with E-state index < -0.39 is 10.8 Å². The number of para-hydroxylation sites is 8. The molecule has 0 fully saturated rings. The first-order valence-corrected chi connectivity index (χ1v) is 42.5. The van der Waals surface area contributed by atoms with Gasteiger partial charge in [-0.1, -0.05) is 352 Å². The Labute approximate surface area is 707 Å². The quantitative estimate of drug-likeness (QED) is 0.120. The monoisotopic (exact) mass is 1550 g/mol. The number of hydrogen-bond donors (Lipinski definition) is 0. The molecule has 2 aliphatic carbocycles. The van der Waals surface area contributed by atoms with Gasteiger partial charge in [0.15, 0.2) is 0 Å². The van der Waals surface area contributed by atoms with E-state index in [0.29, 0.717) is 0 Å².